The second-order valence-electron chi connectivity index (χ2n) is 4.07. The number of hydrogen-bond donors (Lipinski definition) is 2. The van der Waals surface area contributed by atoms with E-state index in [1.54, 1.807) is 11.9 Å². The summed E-state index contributed by atoms with van der Waals surface area (Å²) in [6.45, 7) is 2.24. The van der Waals surface area contributed by atoms with Crippen molar-refractivity contribution >= 4 is 17.6 Å². The molecule has 0 aromatic heterocycles. The Hall–Kier alpha value is -2.04. The summed E-state index contributed by atoms with van der Waals surface area (Å²) in [5, 5.41) is 11.4. The van der Waals surface area contributed by atoms with Crippen molar-refractivity contribution in [1.82, 2.24) is 5.32 Å². The highest BCUT2D eigenvalue weighted by Crippen LogP contribution is 2.15. The SMILES string of the molecule is CNC(=O)CCN(CC(=O)O)c1ccc(C)cc1. The van der Waals surface area contributed by atoms with Gasteiger partial charge in [-0.25, -0.2) is 0 Å². The maximum Gasteiger partial charge on any atom is 0.323 e. The first-order valence-corrected chi connectivity index (χ1v) is 5.77. The first-order chi connectivity index (χ1) is 8.52. The molecule has 0 saturated heterocycles. The Morgan fingerprint density at radius 2 is 1.89 bits per heavy atom. The second-order valence-corrected chi connectivity index (χ2v) is 4.07. The number of nitrogens with one attached hydrogen (secondary N) is 1. The van der Waals surface area contributed by atoms with Crippen molar-refractivity contribution in [3.05, 3.63) is 29.8 Å². The summed E-state index contributed by atoms with van der Waals surface area (Å²) < 4.78 is 0. The van der Waals surface area contributed by atoms with Crippen molar-refractivity contribution in [2.24, 2.45) is 0 Å². The summed E-state index contributed by atoms with van der Waals surface area (Å²) in [4.78, 5) is 23.7. The molecule has 5 heteroatoms. The number of carbonyl (C=O) groups is 2. The quantitative estimate of drug-likeness (QED) is 0.791. The van der Waals surface area contributed by atoms with Gasteiger partial charge in [-0.3, -0.25) is 9.59 Å². The molecule has 2 N–H and O–H groups in total. The third kappa shape index (κ3) is 4.45. The van der Waals surface area contributed by atoms with Gasteiger partial charge >= 0.3 is 5.97 Å². The summed E-state index contributed by atoms with van der Waals surface area (Å²) >= 11 is 0. The van der Waals surface area contributed by atoms with Crippen LogP contribution in [0.15, 0.2) is 24.3 Å². The number of amides is 1. The summed E-state index contributed by atoms with van der Waals surface area (Å²) in [6.07, 6.45) is 0.275. The Morgan fingerprint density at radius 1 is 1.28 bits per heavy atom. The Bertz CT molecular complexity index is 415. The van der Waals surface area contributed by atoms with Gasteiger partial charge in [-0.1, -0.05) is 17.7 Å². The van der Waals surface area contributed by atoms with Gasteiger partial charge in [-0.2, -0.15) is 0 Å². The monoisotopic (exact) mass is 250 g/mol. The van der Waals surface area contributed by atoms with E-state index in [0.29, 0.717) is 6.54 Å². The van der Waals surface area contributed by atoms with E-state index in [1.165, 1.54) is 0 Å². The van der Waals surface area contributed by atoms with Crippen LogP contribution in [0.25, 0.3) is 0 Å². The number of carboxylic acid groups (broad SMARTS) is 1. The Morgan fingerprint density at radius 3 is 2.39 bits per heavy atom. The molecule has 1 rings (SSSR count). The van der Waals surface area contributed by atoms with Crippen LogP contribution in [0.3, 0.4) is 0 Å². The molecule has 0 heterocycles. The van der Waals surface area contributed by atoms with Gasteiger partial charge in [-0.15, -0.1) is 0 Å². The molecule has 0 unspecified atom stereocenters. The van der Waals surface area contributed by atoms with Crippen LogP contribution >= 0.6 is 0 Å². The minimum absolute atomic E-state index is 0.0995. The lowest BCUT2D eigenvalue weighted by Gasteiger charge is -2.22. The lowest BCUT2D eigenvalue weighted by atomic mass is 10.2. The van der Waals surface area contributed by atoms with Crippen LogP contribution in [-0.2, 0) is 9.59 Å². The molecule has 98 valence electrons. The number of aliphatic carboxylic acids is 1. The Labute approximate surface area is 106 Å². The maximum absolute atomic E-state index is 11.2. The number of nitrogens with zero attached hydrogens (tertiary/aromatic N) is 1. The molecule has 0 aliphatic carbocycles. The van der Waals surface area contributed by atoms with Gasteiger partial charge in [-0.05, 0) is 19.1 Å². The minimum Gasteiger partial charge on any atom is -0.480 e. The molecule has 18 heavy (non-hydrogen) atoms. The van der Waals surface area contributed by atoms with Crippen LogP contribution in [0.1, 0.15) is 12.0 Å². The normalized spacial score (nSPS) is 9.89. The van der Waals surface area contributed by atoms with E-state index in [0.717, 1.165) is 11.3 Å². The van der Waals surface area contributed by atoms with Gasteiger partial charge in [0.2, 0.25) is 5.91 Å². The number of anilines is 1. The number of hydrogen-bond acceptors (Lipinski definition) is 3. The van der Waals surface area contributed by atoms with E-state index in [9.17, 15) is 9.59 Å². The zero-order chi connectivity index (χ0) is 13.5. The highest BCUT2D eigenvalue weighted by atomic mass is 16.4. The molecule has 1 aromatic carbocycles. The fraction of sp³-hybridized carbons (Fsp3) is 0.385. The largest absolute Gasteiger partial charge is 0.480 e. The number of carbonyl (C=O) groups excluding carboxylic acids is 1. The molecule has 0 spiro atoms. The van der Waals surface area contributed by atoms with Crippen LogP contribution in [-0.4, -0.2) is 37.1 Å². The molecule has 0 radical (unpaired) electrons. The fourth-order valence-electron chi connectivity index (χ4n) is 1.58. The van der Waals surface area contributed by atoms with Crippen LogP contribution in [0.5, 0.6) is 0 Å². The standard InChI is InChI=1S/C13H18N2O3/c1-10-3-5-11(6-4-10)15(9-13(17)18)8-7-12(16)14-2/h3-6H,7-9H2,1-2H3,(H,14,16)(H,17,18). The number of rotatable bonds is 6. The molecule has 0 aliphatic heterocycles. The third-order valence-electron chi connectivity index (χ3n) is 2.61. The lowest BCUT2D eigenvalue weighted by Crippen LogP contribution is -2.33. The molecule has 5 nitrogen and oxygen atoms in total. The van der Waals surface area contributed by atoms with Gasteiger partial charge in [0.25, 0.3) is 0 Å². The van der Waals surface area contributed by atoms with Crippen molar-refractivity contribution < 1.29 is 14.7 Å². The van der Waals surface area contributed by atoms with Crippen molar-refractivity contribution in [2.75, 3.05) is 25.0 Å². The fourth-order valence-corrected chi connectivity index (χ4v) is 1.58. The zero-order valence-electron chi connectivity index (χ0n) is 10.6. The second kappa shape index (κ2) is 6.64. The minimum atomic E-state index is -0.910. The maximum atomic E-state index is 11.2. The van der Waals surface area contributed by atoms with Crippen molar-refractivity contribution in [3.8, 4) is 0 Å². The van der Waals surface area contributed by atoms with Crippen LogP contribution in [0, 0.1) is 6.92 Å². The van der Waals surface area contributed by atoms with E-state index in [-0.39, 0.29) is 18.9 Å². The topological polar surface area (TPSA) is 69.6 Å². The molecule has 0 saturated carbocycles. The van der Waals surface area contributed by atoms with Crippen LogP contribution < -0.4 is 10.2 Å². The molecule has 0 fully saturated rings. The van der Waals surface area contributed by atoms with Gasteiger partial charge in [0.05, 0.1) is 0 Å². The van der Waals surface area contributed by atoms with Gasteiger partial charge in [0.15, 0.2) is 0 Å². The van der Waals surface area contributed by atoms with Crippen molar-refractivity contribution in [3.63, 3.8) is 0 Å². The van der Waals surface area contributed by atoms with Crippen LogP contribution in [0.4, 0.5) is 5.69 Å². The molecule has 0 atom stereocenters. The Kier molecular flexibility index (Phi) is 5.17. The van der Waals surface area contributed by atoms with Crippen molar-refractivity contribution in [2.45, 2.75) is 13.3 Å². The van der Waals surface area contributed by atoms with Gasteiger partial charge < -0.3 is 15.3 Å². The summed E-state index contributed by atoms with van der Waals surface area (Å²) in [5.41, 5.74) is 1.92. The highest BCUT2D eigenvalue weighted by molar-refractivity contribution is 5.77. The first kappa shape index (κ1) is 14.0. The average molecular weight is 250 g/mol. The van der Waals surface area contributed by atoms with Gasteiger partial charge in [0.1, 0.15) is 6.54 Å². The van der Waals surface area contributed by atoms with E-state index in [4.69, 9.17) is 5.11 Å². The molecule has 1 amide bonds. The molecule has 0 bridgehead atoms. The summed E-state index contributed by atoms with van der Waals surface area (Å²) in [6, 6.07) is 7.57. The molecule has 1 aromatic rings. The number of benzene rings is 1. The highest BCUT2D eigenvalue weighted by Gasteiger charge is 2.11. The molecule has 0 aliphatic rings. The average Bonchev–Trinajstić information content (AvgIpc) is 2.34. The molecular formula is C13H18N2O3. The predicted octanol–water partition coefficient (Wildman–Crippen LogP) is 1.02. The van der Waals surface area contributed by atoms with Crippen molar-refractivity contribution in [1.29, 1.82) is 0 Å². The lowest BCUT2D eigenvalue weighted by molar-refractivity contribution is -0.135. The zero-order valence-corrected chi connectivity index (χ0v) is 10.6. The first-order valence-electron chi connectivity index (χ1n) is 5.77. The van der Waals surface area contributed by atoms with Gasteiger partial charge in [0, 0.05) is 25.7 Å². The molecular weight excluding hydrogens is 232 g/mol. The Balaban J connectivity index is 2.74. The smallest absolute Gasteiger partial charge is 0.323 e. The number of carboxylic acids is 1. The number of aryl methyl sites for hydroxylation is 1. The predicted molar refractivity (Wildman–Crippen MR) is 69.7 cm³/mol. The summed E-state index contributed by atoms with van der Waals surface area (Å²) in [5.74, 6) is -1.01. The van der Waals surface area contributed by atoms with E-state index in [2.05, 4.69) is 5.32 Å². The van der Waals surface area contributed by atoms with E-state index >= 15 is 0 Å². The van der Waals surface area contributed by atoms with E-state index < -0.39 is 5.97 Å². The third-order valence-corrected chi connectivity index (χ3v) is 2.61. The van der Waals surface area contributed by atoms with E-state index in [1.807, 2.05) is 31.2 Å². The summed E-state index contributed by atoms with van der Waals surface area (Å²) in [7, 11) is 1.57. The van der Waals surface area contributed by atoms with Crippen LogP contribution in [0.2, 0.25) is 0 Å².